The Balaban J connectivity index is 1.61. The Morgan fingerprint density at radius 3 is 2.33 bits per heavy atom. The molecule has 2 aliphatic carbocycles. The number of nitrogens with zero attached hydrogens (tertiary/aromatic N) is 3. The van der Waals surface area contributed by atoms with Crippen molar-refractivity contribution < 1.29 is 19.4 Å². The molecule has 7 nitrogen and oxygen atoms in total. The molecule has 0 spiro atoms. The molecule has 2 aliphatic rings. The van der Waals surface area contributed by atoms with Crippen molar-refractivity contribution in [3.63, 3.8) is 0 Å². The van der Waals surface area contributed by atoms with Crippen LogP contribution < -0.4 is 9.64 Å². The van der Waals surface area contributed by atoms with Crippen molar-refractivity contribution in [2.24, 2.45) is 11.8 Å². The Kier molecular flexibility index (Phi) is 6.75. The standard InChI is InChI=1S/C25H33N3O4S/c1-15-6-8-16(9-7-15)22(29)28(17-12-18(13-17)32-24-26-10-5-11-27-24)19-14-20(25(2,3)4)33-21(19)23(30)31/h5,10-11,14-18H,6-9,12-13H2,1-4H3,(H,30,31)/t15-,16-,17-,18-. The van der Waals surface area contributed by atoms with Gasteiger partial charge in [0.05, 0.1) is 5.69 Å². The topological polar surface area (TPSA) is 92.6 Å². The minimum atomic E-state index is -0.981. The molecule has 4 rings (SSSR count). The normalized spacial score (nSPS) is 25.2. The number of carbonyl (C=O) groups excluding carboxylic acids is 1. The number of ether oxygens (including phenoxy) is 1. The second-order valence-corrected chi connectivity index (χ2v) is 11.5. The molecule has 1 amide bonds. The number of amides is 1. The lowest BCUT2D eigenvalue weighted by atomic mass is 9.80. The number of carboxylic acid groups (broad SMARTS) is 1. The molecule has 1 N–H and O–H groups in total. The van der Waals surface area contributed by atoms with Crippen LogP contribution in [0.25, 0.3) is 0 Å². The molecule has 33 heavy (non-hydrogen) atoms. The van der Waals surface area contributed by atoms with E-state index in [1.807, 2.05) is 6.07 Å². The lowest BCUT2D eigenvalue weighted by molar-refractivity contribution is -0.124. The maximum atomic E-state index is 13.8. The Morgan fingerprint density at radius 2 is 1.76 bits per heavy atom. The van der Waals surface area contributed by atoms with E-state index in [1.165, 1.54) is 11.3 Å². The minimum absolute atomic E-state index is 0.0572. The average Bonchev–Trinajstić information content (AvgIpc) is 3.19. The third kappa shape index (κ3) is 5.21. The number of thiophene rings is 1. The van der Waals surface area contributed by atoms with Crippen molar-refractivity contribution in [3.05, 3.63) is 34.3 Å². The molecule has 2 saturated carbocycles. The predicted octanol–water partition coefficient (Wildman–Crippen LogP) is 5.30. The number of rotatable bonds is 6. The number of hydrogen-bond donors (Lipinski definition) is 1. The predicted molar refractivity (Wildman–Crippen MR) is 128 cm³/mol. The van der Waals surface area contributed by atoms with Crippen molar-refractivity contribution in [1.29, 1.82) is 0 Å². The monoisotopic (exact) mass is 471 g/mol. The van der Waals surface area contributed by atoms with Gasteiger partial charge in [-0.1, -0.05) is 27.7 Å². The zero-order chi connectivity index (χ0) is 23.8. The van der Waals surface area contributed by atoms with Crippen molar-refractivity contribution in [2.75, 3.05) is 4.90 Å². The summed E-state index contributed by atoms with van der Waals surface area (Å²) >= 11 is 1.28. The lowest BCUT2D eigenvalue weighted by Gasteiger charge is -2.43. The van der Waals surface area contributed by atoms with Crippen LogP contribution in [-0.2, 0) is 10.2 Å². The minimum Gasteiger partial charge on any atom is -0.477 e. The largest absolute Gasteiger partial charge is 0.477 e. The van der Waals surface area contributed by atoms with Gasteiger partial charge in [0.2, 0.25) is 5.91 Å². The molecular formula is C25H33N3O4S. The van der Waals surface area contributed by atoms with Crippen LogP contribution in [0.15, 0.2) is 24.5 Å². The van der Waals surface area contributed by atoms with Crippen LogP contribution in [0.1, 0.15) is 80.8 Å². The summed E-state index contributed by atoms with van der Waals surface area (Å²) in [6, 6.07) is 3.90. The molecule has 8 heteroatoms. The summed E-state index contributed by atoms with van der Waals surface area (Å²) in [5.41, 5.74) is 0.346. The first-order chi connectivity index (χ1) is 15.6. The van der Waals surface area contributed by atoms with E-state index in [-0.39, 0.29) is 34.3 Å². The molecule has 0 unspecified atom stereocenters. The Bertz CT molecular complexity index is 987. The third-order valence-electron chi connectivity index (χ3n) is 6.76. The highest BCUT2D eigenvalue weighted by molar-refractivity contribution is 7.14. The molecule has 0 atom stereocenters. The SMILES string of the molecule is CC(C)(C)c1cc(N(C(=O)[C@H]2CC[C@H](C)CC2)[C@H]2C[C@H](Oc3ncccn3)C2)c(C(=O)O)s1. The van der Waals surface area contributed by atoms with E-state index in [0.717, 1.165) is 30.6 Å². The van der Waals surface area contributed by atoms with Gasteiger partial charge in [-0.25, -0.2) is 14.8 Å². The first kappa shape index (κ1) is 23.7. The maximum Gasteiger partial charge on any atom is 0.348 e. The summed E-state index contributed by atoms with van der Waals surface area (Å²) in [6.07, 6.45) is 8.24. The molecule has 0 bridgehead atoms. The van der Waals surface area contributed by atoms with Gasteiger partial charge in [0.15, 0.2) is 0 Å². The van der Waals surface area contributed by atoms with Crippen LogP contribution in [0.4, 0.5) is 5.69 Å². The summed E-state index contributed by atoms with van der Waals surface area (Å²) in [5.74, 6) is -0.344. The highest BCUT2D eigenvalue weighted by Crippen LogP contribution is 2.43. The van der Waals surface area contributed by atoms with E-state index in [9.17, 15) is 14.7 Å². The fourth-order valence-corrected chi connectivity index (χ4v) is 5.67. The number of aromatic carboxylic acids is 1. The lowest BCUT2D eigenvalue weighted by Crippen LogP contribution is -2.54. The first-order valence-electron chi connectivity index (χ1n) is 11.8. The number of hydrogen-bond acceptors (Lipinski definition) is 6. The molecule has 0 radical (unpaired) electrons. The van der Waals surface area contributed by atoms with Gasteiger partial charge in [0, 0.05) is 42.1 Å². The van der Waals surface area contributed by atoms with Gasteiger partial charge in [0.1, 0.15) is 11.0 Å². The number of carbonyl (C=O) groups is 2. The second-order valence-electron chi connectivity index (χ2n) is 10.4. The van der Waals surface area contributed by atoms with Crippen LogP contribution in [0, 0.1) is 11.8 Å². The molecule has 0 saturated heterocycles. The van der Waals surface area contributed by atoms with Crippen molar-refractivity contribution in [2.45, 2.75) is 83.8 Å². The van der Waals surface area contributed by atoms with Crippen LogP contribution in [-0.4, -0.2) is 39.1 Å². The van der Waals surface area contributed by atoms with E-state index in [0.29, 0.717) is 30.5 Å². The molecule has 2 fully saturated rings. The fraction of sp³-hybridized carbons (Fsp3) is 0.600. The number of anilines is 1. The summed E-state index contributed by atoms with van der Waals surface area (Å²) in [4.78, 5) is 37.2. The summed E-state index contributed by atoms with van der Waals surface area (Å²) < 4.78 is 5.87. The van der Waals surface area contributed by atoms with Gasteiger partial charge >= 0.3 is 12.0 Å². The summed E-state index contributed by atoms with van der Waals surface area (Å²) in [7, 11) is 0. The van der Waals surface area contributed by atoms with E-state index < -0.39 is 5.97 Å². The van der Waals surface area contributed by atoms with Gasteiger partial charge in [-0.2, -0.15) is 0 Å². The van der Waals surface area contributed by atoms with Gasteiger partial charge in [0.25, 0.3) is 0 Å². The Morgan fingerprint density at radius 1 is 1.12 bits per heavy atom. The molecule has 2 heterocycles. The van der Waals surface area contributed by atoms with E-state index in [1.54, 1.807) is 23.4 Å². The first-order valence-corrected chi connectivity index (χ1v) is 12.6. The Labute approximate surface area is 199 Å². The van der Waals surface area contributed by atoms with Gasteiger partial charge < -0.3 is 14.7 Å². The second kappa shape index (κ2) is 9.41. The van der Waals surface area contributed by atoms with Gasteiger partial charge in [-0.3, -0.25) is 4.79 Å². The molecular weight excluding hydrogens is 438 g/mol. The fourth-order valence-electron chi connectivity index (χ4n) is 4.62. The van der Waals surface area contributed by atoms with Gasteiger partial charge in [-0.05, 0) is 49.1 Å². The van der Waals surface area contributed by atoms with E-state index >= 15 is 0 Å². The Hall–Kier alpha value is -2.48. The zero-order valence-electron chi connectivity index (χ0n) is 19.8. The van der Waals surface area contributed by atoms with Crippen LogP contribution >= 0.6 is 11.3 Å². The van der Waals surface area contributed by atoms with E-state index in [2.05, 4.69) is 37.7 Å². The van der Waals surface area contributed by atoms with E-state index in [4.69, 9.17) is 4.74 Å². The quantitative estimate of drug-likeness (QED) is 0.614. The van der Waals surface area contributed by atoms with Crippen LogP contribution in [0.3, 0.4) is 0 Å². The zero-order valence-corrected chi connectivity index (χ0v) is 20.6. The summed E-state index contributed by atoms with van der Waals surface area (Å²) in [6.45, 7) is 8.43. The van der Waals surface area contributed by atoms with Crippen molar-refractivity contribution in [1.82, 2.24) is 9.97 Å². The number of aromatic nitrogens is 2. The van der Waals surface area contributed by atoms with Crippen LogP contribution in [0.5, 0.6) is 6.01 Å². The molecule has 2 aromatic rings. The molecule has 0 aromatic carbocycles. The molecule has 178 valence electrons. The maximum absolute atomic E-state index is 13.8. The van der Waals surface area contributed by atoms with Crippen molar-refractivity contribution >= 4 is 28.9 Å². The summed E-state index contributed by atoms with van der Waals surface area (Å²) in [5, 5.41) is 9.97. The van der Waals surface area contributed by atoms with Gasteiger partial charge in [-0.15, -0.1) is 11.3 Å². The average molecular weight is 472 g/mol. The molecule has 2 aromatic heterocycles. The smallest absolute Gasteiger partial charge is 0.348 e. The van der Waals surface area contributed by atoms with Crippen LogP contribution in [0.2, 0.25) is 0 Å². The third-order valence-corrected chi connectivity index (χ3v) is 8.30. The molecule has 0 aliphatic heterocycles. The number of carboxylic acids is 1. The highest BCUT2D eigenvalue weighted by atomic mass is 32.1. The van der Waals surface area contributed by atoms with Crippen molar-refractivity contribution in [3.8, 4) is 6.01 Å². The highest BCUT2D eigenvalue weighted by Gasteiger charge is 2.43.